The van der Waals surface area contributed by atoms with Crippen molar-refractivity contribution in [2.75, 3.05) is 13.1 Å². The number of carbonyl (C=O) groups excluding carboxylic acids is 2. The second-order valence-corrected chi connectivity index (χ2v) is 7.61. The van der Waals surface area contributed by atoms with E-state index < -0.39 is 0 Å². The smallest absolute Gasteiger partial charge is 0.251 e. The van der Waals surface area contributed by atoms with Crippen molar-refractivity contribution in [1.29, 1.82) is 0 Å². The van der Waals surface area contributed by atoms with Gasteiger partial charge in [0.2, 0.25) is 5.91 Å². The SMILES string of the molecule is Cc1nc(-c2ccc(CCNC(=O)CNC(=O)c3ccccc3C)cc2)cs1. The summed E-state index contributed by atoms with van der Waals surface area (Å²) < 4.78 is 0. The summed E-state index contributed by atoms with van der Waals surface area (Å²) in [4.78, 5) is 28.6. The standard InChI is InChI=1S/C22H23N3O2S/c1-15-5-3-4-6-19(15)22(27)24-13-21(26)23-12-11-17-7-9-18(10-8-17)20-14-28-16(2)25-20/h3-10,14H,11-13H2,1-2H3,(H,23,26)(H,24,27). The third-order valence-corrected chi connectivity index (χ3v) is 5.18. The van der Waals surface area contributed by atoms with E-state index in [1.54, 1.807) is 17.4 Å². The monoisotopic (exact) mass is 393 g/mol. The van der Waals surface area contributed by atoms with Crippen LogP contribution in [0.15, 0.2) is 53.9 Å². The van der Waals surface area contributed by atoms with Crippen molar-refractivity contribution in [3.8, 4) is 11.3 Å². The minimum atomic E-state index is -0.235. The molecule has 0 atom stereocenters. The molecule has 0 aliphatic rings. The summed E-state index contributed by atoms with van der Waals surface area (Å²) in [5, 5.41) is 8.60. The Morgan fingerprint density at radius 3 is 2.43 bits per heavy atom. The van der Waals surface area contributed by atoms with E-state index in [-0.39, 0.29) is 18.4 Å². The van der Waals surface area contributed by atoms with Crippen molar-refractivity contribution in [3.05, 3.63) is 75.6 Å². The molecular formula is C22H23N3O2S. The van der Waals surface area contributed by atoms with Crippen LogP contribution in [0.25, 0.3) is 11.3 Å². The van der Waals surface area contributed by atoms with Crippen LogP contribution >= 0.6 is 11.3 Å². The molecule has 6 heteroatoms. The number of hydrogen-bond donors (Lipinski definition) is 2. The van der Waals surface area contributed by atoms with Gasteiger partial charge < -0.3 is 10.6 Å². The average Bonchev–Trinajstić information content (AvgIpc) is 3.13. The maximum absolute atomic E-state index is 12.1. The van der Waals surface area contributed by atoms with Gasteiger partial charge in [0.25, 0.3) is 5.91 Å². The molecule has 0 bridgehead atoms. The van der Waals surface area contributed by atoms with E-state index in [1.807, 2.05) is 44.2 Å². The highest BCUT2D eigenvalue weighted by atomic mass is 32.1. The Bertz CT molecular complexity index is 964. The van der Waals surface area contributed by atoms with Gasteiger partial charge in [-0.1, -0.05) is 42.5 Å². The Kier molecular flexibility index (Phi) is 6.55. The molecule has 28 heavy (non-hydrogen) atoms. The number of aryl methyl sites for hydroxylation is 2. The van der Waals surface area contributed by atoms with Gasteiger partial charge in [-0.3, -0.25) is 9.59 Å². The predicted octanol–water partition coefficient (Wildman–Crippen LogP) is 3.52. The Hall–Kier alpha value is -2.99. The molecule has 0 saturated heterocycles. The molecule has 2 aromatic carbocycles. The fourth-order valence-corrected chi connectivity index (χ4v) is 3.45. The van der Waals surface area contributed by atoms with E-state index >= 15 is 0 Å². The number of nitrogens with one attached hydrogen (secondary N) is 2. The van der Waals surface area contributed by atoms with Crippen molar-refractivity contribution < 1.29 is 9.59 Å². The van der Waals surface area contributed by atoms with Crippen LogP contribution in [-0.2, 0) is 11.2 Å². The number of benzene rings is 2. The molecule has 5 nitrogen and oxygen atoms in total. The van der Waals surface area contributed by atoms with Gasteiger partial charge in [-0.25, -0.2) is 4.98 Å². The lowest BCUT2D eigenvalue weighted by Crippen LogP contribution is -2.37. The van der Waals surface area contributed by atoms with E-state index in [4.69, 9.17) is 0 Å². The average molecular weight is 394 g/mol. The third-order valence-electron chi connectivity index (χ3n) is 4.40. The van der Waals surface area contributed by atoms with Gasteiger partial charge in [-0.15, -0.1) is 11.3 Å². The van der Waals surface area contributed by atoms with Crippen LogP contribution in [0.4, 0.5) is 0 Å². The maximum atomic E-state index is 12.1. The van der Waals surface area contributed by atoms with Crippen molar-refractivity contribution in [2.24, 2.45) is 0 Å². The van der Waals surface area contributed by atoms with Crippen LogP contribution in [0.3, 0.4) is 0 Å². The number of carbonyl (C=O) groups is 2. The lowest BCUT2D eigenvalue weighted by Gasteiger charge is -2.09. The largest absolute Gasteiger partial charge is 0.354 e. The molecule has 3 rings (SSSR count). The van der Waals surface area contributed by atoms with E-state index in [1.165, 1.54) is 0 Å². The second-order valence-electron chi connectivity index (χ2n) is 6.55. The molecule has 144 valence electrons. The first-order valence-corrected chi connectivity index (χ1v) is 10.0. The summed E-state index contributed by atoms with van der Waals surface area (Å²) in [6.45, 7) is 4.36. The highest BCUT2D eigenvalue weighted by Crippen LogP contribution is 2.21. The summed E-state index contributed by atoms with van der Waals surface area (Å²) in [6, 6.07) is 15.5. The Labute approximate surface area is 168 Å². The molecule has 1 aromatic heterocycles. The summed E-state index contributed by atoms with van der Waals surface area (Å²) in [7, 11) is 0. The number of hydrogen-bond acceptors (Lipinski definition) is 4. The molecule has 0 aliphatic carbocycles. The molecule has 0 unspecified atom stereocenters. The lowest BCUT2D eigenvalue weighted by molar-refractivity contribution is -0.120. The summed E-state index contributed by atoms with van der Waals surface area (Å²) >= 11 is 1.64. The number of aromatic nitrogens is 1. The number of nitrogens with zero attached hydrogens (tertiary/aromatic N) is 1. The van der Waals surface area contributed by atoms with E-state index in [2.05, 4.69) is 33.1 Å². The minimum absolute atomic E-state index is 0.0325. The molecule has 1 heterocycles. The minimum Gasteiger partial charge on any atom is -0.354 e. The van der Waals surface area contributed by atoms with Crippen molar-refractivity contribution in [2.45, 2.75) is 20.3 Å². The molecule has 0 radical (unpaired) electrons. The number of amides is 2. The topological polar surface area (TPSA) is 71.1 Å². The van der Waals surface area contributed by atoms with Gasteiger partial charge in [0.15, 0.2) is 0 Å². The van der Waals surface area contributed by atoms with Gasteiger partial charge in [0.05, 0.1) is 17.2 Å². The van der Waals surface area contributed by atoms with Crippen LogP contribution in [0.1, 0.15) is 26.5 Å². The van der Waals surface area contributed by atoms with Gasteiger partial charge in [-0.05, 0) is 37.5 Å². The predicted molar refractivity (Wildman–Crippen MR) is 113 cm³/mol. The first-order chi connectivity index (χ1) is 13.5. The van der Waals surface area contributed by atoms with E-state index in [0.717, 1.165) is 33.8 Å². The van der Waals surface area contributed by atoms with Crippen LogP contribution in [0.5, 0.6) is 0 Å². The fraction of sp³-hybridized carbons (Fsp3) is 0.227. The normalized spacial score (nSPS) is 10.5. The summed E-state index contributed by atoms with van der Waals surface area (Å²) in [6.07, 6.45) is 0.730. The molecule has 2 amide bonds. The number of rotatable bonds is 7. The quantitative estimate of drug-likeness (QED) is 0.645. The van der Waals surface area contributed by atoms with E-state index in [0.29, 0.717) is 12.1 Å². The van der Waals surface area contributed by atoms with Crippen molar-refractivity contribution >= 4 is 23.2 Å². The van der Waals surface area contributed by atoms with Gasteiger partial charge >= 0.3 is 0 Å². The fourth-order valence-electron chi connectivity index (χ4n) is 2.83. The van der Waals surface area contributed by atoms with Crippen LogP contribution in [-0.4, -0.2) is 29.9 Å². The van der Waals surface area contributed by atoms with E-state index in [9.17, 15) is 9.59 Å². The zero-order valence-corrected chi connectivity index (χ0v) is 16.8. The summed E-state index contributed by atoms with van der Waals surface area (Å²) in [5.74, 6) is -0.433. The zero-order chi connectivity index (χ0) is 19.9. The molecular weight excluding hydrogens is 370 g/mol. The first kappa shape index (κ1) is 19.8. The maximum Gasteiger partial charge on any atom is 0.251 e. The summed E-state index contributed by atoms with van der Waals surface area (Å²) in [5.41, 5.74) is 4.70. The lowest BCUT2D eigenvalue weighted by atomic mass is 10.1. The van der Waals surface area contributed by atoms with Crippen molar-refractivity contribution in [1.82, 2.24) is 15.6 Å². The van der Waals surface area contributed by atoms with Crippen molar-refractivity contribution in [3.63, 3.8) is 0 Å². The van der Waals surface area contributed by atoms with Gasteiger partial charge in [0, 0.05) is 23.1 Å². The van der Waals surface area contributed by atoms with Crippen LogP contribution < -0.4 is 10.6 Å². The molecule has 0 fully saturated rings. The molecule has 0 saturated carbocycles. The molecule has 0 aliphatic heterocycles. The Morgan fingerprint density at radius 1 is 1.00 bits per heavy atom. The zero-order valence-electron chi connectivity index (χ0n) is 16.0. The first-order valence-electron chi connectivity index (χ1n) is 9.15. The number of thiazole rings is 1. The highest BCUT2D eigenvalue weighted by molar-refractivity contribution is 7.09. The molecule has 2 N–H and O–H groups in total. The molecule has 3 aromatic rings. The Balaban J connectivity index is 1.41. The third kappa shape index (κ3) is 5.27. The van der Waals surface area contributed by atoms with Gasteiger partial charge in [-0.2, -0.15) is 0 Å². The Morgan fingerprint density at radius 2 is 1.75 bits per heavy atom. The highest BCUT2D eigenvalue weighted by Gasteiger charge is 2.09. The van der Waals surface area contributed by atoms with Gasteiger partial charge in [0.1, 0.15) is 0 Å². The molecule has 0 spiro atoms. The van der Waals surface area contributed by atoms with Crippen LogP contribution in [0, 0.1) is 13.8 Å². The van der Waals surface area contributed by atoms with Crippen LogP contribution in [0.2, 0.25) is 0 Å². The second kappa shape index (κ2) is 9.28.